The van der Waals surface area contributed by atoms with Gasteiger partial charge in [0.1, 0.15) is 0 Å². The van der Waals surface area contributed by atoms with Gasteiger partial charge in [0.2, 0.25) is 0 Å². The predicted octanol–water partition coefficient (Wildman–Crippen LogP) is 1.96. The van der Waals surface area contributed by atoms with Crippen molar-refractivity contribution in [3.63, 3.8) is 0 Å². The molecule has 3 nitrogen and oxygen atoms in total. The van der Waals surface area contributed by atoms with E-state index >= 15 is 0 Å². The van der Waals surface area contributed by atoms with Gasteiger partial charge in [0.25, 0.3) is 0 Å². The highest BCUT2D eigenvalue weighted by atomic mass is 32.1. The molecule has 0 atom stereocenters. The summed E-state index contributed by atoms with van der Waals surface area (Å²) in [6, 6.07) is 7.79. The Bertz CT molecular complexity index is 306. The zero-order valence-electron chi connectivity index (χ0n) is 8.37. The molecule has 76 valence electrons. The monoisotopic (exact) mass is 209 g/mol. The van der Waals surface area contributed by atoms with Gasteiger partial charge in [-0.15, -0.1) is 0 Å². The van der Waals surface area contributed by atoms with E-state index < -0.39 is 0 Å². The Labute approximate surface area is 89.7 Å². The van der Waals surface area contributed by atoms with Crippen LogP contribution in [-0.4, -0.2) is 11.2 Å². The molecule has 0 radical (unpaired) electrons. The minimum atomic E-state index is 0.337. The van der Waals surface area contributed by atoms with Gasteiger partial charge in [-0.05, 0) is 50.3 Å². The molecule has 1 aromatic rings. The van der Waals surface area contributed by atoms with E-state index in [1.807, 2.05) is 38.1 Å². The molecule has 4 heteroatoms. The van der Waals surface area contributed by atoms with E-state index in [1.54, 1.807) is 0 Å². The molecule has 0 aliphatic heterocycles. The van der Waals surface area contributed by atoms with E-state index in [1.165, 1.54) is 0 Å². The van der Waals surface area contributed by atoms with Gasteiger partial charge in [0.05, 0.1) is 0 Å². The Morgan fingerprint density at radius 3 is 2.36 bits per heavy atom. The Morgan fingerprint density at radius 2 is 1.86 bits per heavy atom. The highest BCUT2D eigenvalue weighted by molar-refractivity contribution is 7.80. The molecule has 0 unspecified atom stereocenters. The van der Waals surface area contributed by atoms with Crippen molar-refractivity contribution in [1.82, 2.24) is 5.32 Å². The second-order valence-corrected chi connectivity index (χ2v) is 3.78. The first-order valence-corrected chi connectivity index (χ1v) is 4.92. The molecule has 0 fully saturated rings. The summed E-state index contributed by atoms with van der Waals surface area (Å²) in [4.78, 5) is 0. The number of benzene rings is 1. The minimum Gasteiger partial charge on any atom is -0.399 e. The molecule has 0 saturated heterocycles. The van der Waals surface area contributed by atoms with Crippen molar-refractivity contribution in [2.45, 2.75) is 19.9 Å². The van der Waals surface area contributed by atoms with Crippen LogP contribution in [-0.2, 0) is 0 Å². The number of rotatable bonds is 2. The number of nitrogens with one attached hydrogen (secondary N) is 2. The Kier molecular flexibility index (Phi) is 3.71. The molecule has 0 aromatic heterocycles. The topological polar surface area (TPSA) is 50.1 Å². The third-order valence-corrected chi connectivity index (χ3v) is 1.81. The second-order valence-electron chi connectivity index (χ2n) is 3.38. The van der Waals surface area contributed by atoms with E-state index in [-0.39, 0.29) is 0 Å². The van der Waals surface area contributed by atoms with Gasteiger partial charge in [0, 0.05) is 17.4 Å². The van der Waals surface area contributed by atoms with Crippen molar-refractivity contribution in [1.29, 1.82) is 0 Å². The highest BCUT2D eigenvalue weighted by Crippen LogP contribution is 2.10. The van der Waals surface area contributed by atoms with Gasteiger partial charge in [-0.2, -0.15) is 0 Å². The molecular formula is C10H15N3S. The molecule has 1 rings (SSSR count). The first kappa shape index (κ1) is 10.8. The third kappa shape index (κ3) is 3.62. The lowest BCUT2D eigenvalue weighted by Gasteiger charge is -2.12. The van der Waals surface area contributed by atoms with Crippen LogP contribution in [0.5, 0.6) is 0 Å². The molecule has 14 heavy (non-hydrogen) atoms. The van der Waals surface area contributed by atoms with E-state index in [2.05, 4.69) is 10.6 Å². The average Bonchev–Trinajstić information content (AvgIpc) is 2.07. The summed E-state index contributed by atoms with van der Waals surface area (Å²) in [6.07, 6.45) is 0. The number of hydrogen-bond acceptors (Lipinski definition) is 2. The second kappa shape index (κ2) is 4.81. The fourth-order valence-electron chi connectivity index (χ4n) is 0.996. The van der Waals surface area contributed by atoms with E-state index in [0.29, 0.717) is 11.2 Å². The third-order valence-electron chi connectivity index (χ3n) is 1.59. The summed E-state index contributed by atoms with van der Waals surface area (Å²) in [5.74, 6) is 0. The molecule has 0 aliphatic carbocycles. The zero-order chi connectivity index (χ0) is 10.6. The molecule has 0 aliphatic rings. The number of hydrogen-bond donors (Lipinski definition) is 3. The molecule has 4 N–H and O–H groups in total. The van der Waals surface area contributed by atoms with Crippen molar-refractivity contribution in [2.75, 3.05) is 11.1 Å². The Balaban J connectivity index is 2.52. The summed E-state index contributed by atoms with van der Waals surface area (Å²) >= 11 is 5.09. The summed E-state index contributed by atoms with van der Waals surface area (Å²) in [7, 11) is 0. The summed E-state index contributed by atoms with van der Waals surface area (Å²) in [5.41, 5.74) is 7.25. The summed E-state index contributed by atoms with van der Waals surface area (Å²) < 4.78 is 0. The maximum Gasteiger partial charge on any atom is 0.170 e. The lowest BCUT2D eigenvalue weighted by molar-refractivity contribution is 0.739. The molecular weight excluding hydrogens is 194 g/mol. The van der Waals surface area contributed by atoms with Gasteiger partial charge in [-0.1, -0.05) is 0 Å². The quantitative estimate of drug-likeness (QED) is 0.515. The maximum absolute atomic E-state index is 5.56. The molecule has 0 heterocycles. The van der Waals surface area contributed by atoms with Crippen molar-refractivity contribution in [3.05, 3.63) is 24.3 Å². The molecule has 0 saturated carbocycles. The molecule has 0 spiro atoms. The fraction of sp³-hybridized carbons (Fsp3) is 0.300. The summed E-state index contributed by atoms with van der Waals surface area (Å²) in [6.45, 7) is 4.08. The highest BCUT2D eigenvalue weighted by Gasteiger charge is 1.98. The van der Waals surface area contributed by atoms with Crippen LogP contribution in [0.3, 0.4) is 0 Å². The predicted molar refractivity (Wildman–Crippen MR) is 65.3 cm³/mol. The molecule has 0 amide bonds. The van der Waals surface area contributed by atoms with Crippen LogP contribution in [0, 0.1) is 0 Å². The van der Waals surface area contributed by atoms with Crippen LogP contribution in [0.1, 0.15) is 13.8 Å². The Morgan fingerprint density at radius 1 is 1.29 bits per heavy atom. The SMILES string of the molecule is CC(C)NC(=S)Nc1ccc(N)cc1. The smallest absolute Gasteiger partial charge is 0.170 e. The first-order chi connectivity index (χ1) is 6.58. The van der Waals surface area contributed by atoms with E-state index in [0.717, 1.165) is 11.4 Å². The van der Waals surface area contributed by atoms with Crippen molar-refractivity contribution < 1.29 is 0 Å². The van der Waals surface area contributed by atoms with Crippen LogP contribution in [0.15, 0.2) is 24.3 Å². The normalized spacial score (nSPS) is 9.93. The number of nitrogen functional groups attached to an aromatic ring is 1. The van der Waals surface area contributed by atoms with E-state index in [4.69, 9.17) is 18.0 Å². The van der Waals surface area contributed by atoms with Gasteiger partial charge in [-0.25, -0.2) is 0 Å². The molecule has 1 aromatic carbocycles. The van der Waals surface area contributed by atoms with Crippen molar-refractivity contribution in [2.24, 2.45) is 0 Å². The Hall–Kier alpha value is -1.29. The lowest BCUT2D eigenvalue weighted by Crippen LogP contribution is -2.33. The number of nitrogens with two attached hydrogens (primary N) is 1. The van der Waals surface area contributed by atoms with Crippen LogP contribution in [0.25, 0.3) is 0 Å². The van der Waals surface area contributed by atoms with Crippen molar-refractivity contribution >= 4 is 28.7 Å². The van der Waals surface area contributed by atoms with Crippen LogP contribution < -0.4 is 16.4 Å². The van der Waals surface area contributed by atoms with Gasteiger partial charge >= 0.3 is 0 Å². The van der Waals surface area contributed by atoms with Gasteiger partial charge in [-0.3, -0.25) is 0 Å². The average molecular weight is 209 g/mol. The standard InChI is InChI=1S/C10H15N3S/c1-7(2)12-10(14)13-9-5-3-8(11)4-6-9/h3-7H,11H2,1-2H3,(H2,12,13,14). The van der Waals surface area contributed by atoms with Crippen LogP contribution >= 0.6 is 12.2 Å². The fourth-order valence-corrected chi connectivity index (χ4v) is 1.35. The van der Waals surface area contributed by atoms with Crippen LogP contribution in [0.2, 0.25) is 0 Å². The zero-order valence-corrected chi connectivity index (χ0v) is 9.19. The lowest BCUT2D eigenvalue weighted by atomic mass is 10.3. The van der Waals surface area contributed by atoms with Crippen LogP contribution in [0.4, 0.5) is 11.4 Å². The number of anilines is 2. The molecule has 0 bridgehead atoms. The largest absolute Gasteiger partial charge is 0.399 e. The first-order valence-electron chi connectivity index (χ1n) is 4.51. The van der Waals surface area contributed by atoms with Gasteiger partial charge in [0.15, 0.2) is 5.11 Å². The number of thiocarbonyl (C=S) groups is 1. The maximum atomic E-state index is 5.56. The van der Waals surface area contributed by atoms with Gasteiger partial charge < -0.3 is 16.4 Å². The minimum absolute atomic E-state index is 0.337. The van der Waals surface area contributed by atoms with Crippen molar-refractivity contribution in [3.8, 4) is 0 Å². The van der Waals surface area contributed by atoms with E-state index in [9.17, 15) is 0 Å². The summed E-state index contributed by atoms with van der Waals surface area (Å²) in [5, 5.41) is 6.79.